The molecular formula is C14H13ClFNO. The van der Waals surface area contributed by atoms with Crippen LogP contribution >= 0.6 is 11.6 Å². The number of carbonyl (C=O) groups excluding carboxylic acids is 1. The van der Waals surface area contributed by atoms with Gasteiger partial charge < -0.3 is 5.32 Å². The number of alkyl halides is 1. The molecule has 1 N–H and O–H groups in total. The largest absolute Gasteiger partial charge is 0.352 e. The summed E-state index contributed by atoms with van der Waals surface area (Å²) in [4.78, 5) is 12.0. The second kappa shape index (κ2) is 5.83. The molecule has 2 nitrogen and oxygen atoms in total. The first kappa shape index (κ1) is 12.8. The average Bonchev–Trinajstić information content (AvgIpc) is 2.39. The summed E-state index contributed by atoms with van der Waals surface area (Å²) >= 11 is 5.55. The van der Waals surface area contributed by atoms with Crippen LogP contribution < -0.4 is 5.32 Å². The van der Waals surface area contributed by atoms with E-state index in [1.54, 1.807) is 24.3 Å². The molecule has 2 rings (SSSR count). The molecule has 0 aliphatic heterocycles. The Hall–Kier alpha value is -1.61. The second-order valence-corrected chi connectivity index (χ2v) is 4.32. The van der Waals surface area contributed by atoms with E-state index in [2.05, 4.69) is 5.32 Å². The molecule has 0 radical (unpaired) electrons. The SMILES string of the molecule is O=C(NCCCCl)c1ccc(F)c2ccccc12. The zero-order valence-corrected chi connectivity index (χ0v) is 10.5. The van der Waals surface area contributed by atoms with E-state index in [0.29, 0.717) is 35.2 Å². The van der Waals surface area contributed by atoms with Gasteiger partial charge in [-0.3, -0.25) is 4.79 Å². The third kappa shape index (κ3) is 2.62. The zero-order chi connectivity index (χ0) is 13.0. The standard InChI is InChI=1S/C14H13ClFNO/c15-8-3-9-17-14(18)12-6-7-13(16)11-5-2-1-4-10(11)12/h1-2,4-7H,3,8-9H2,(H,17,18). The number of benzene rings is 2. The number of nitrogens with one attached hydrogen (secondary N) is 1. The predicted octanol–water partition coefficient (Wildman–Crippen LogP) is 3.34. The molecule has 2 aromatic rings. The van der Waals surface area contributed by atoms with Crippen LogP contribution in [-0.2, 0) is 0 Å². The van der Waals surface area contributed by atoms with Gasteiger partial charge >= 0.3 is 0 Å². The maximum absolute atomic E-state index is 13.6. The molecule has 0 aliphatic rings. The number of halogens is 2. The van der Waals surface area contributed by atoms with Crippen LogP contribution in [0.3, 0.4) is 0 Å². The van der Waals surface area contributed by atoms with Gasteiger partial charge in [-0.1, -0.05) is 24.3 Å². The minimum atomic E-state index is -0.317. The van der Waals surface area contributed by atoms with Crippen molar-refractivity contribution in [3.63, 3.8) is 0 Å². The van der Waals surface area contributed by atoms with Crippen LogP contribution in [0.2, 0.25) is 0 Å². The summed E-state index contributed by atoms with van der Waals surface area (Å²) in [5, 5.41) is 3.85. The van der Waals surface area contributed by atoms with E-state index in [1.807, 2.05) is 0 Å². The number of carbonyl (C=O) groups is 1. The smallest absolute Gasteiger partial charge is 0.251 e. The van der Waals surface area contributed by atoms with Gasteiger partial charge in [-0.2, -0.15) is 0 Å². The van der Waals surface area contributed by atoms with Crippen LogP contribution in [0, 0.1) is 5.82 Å². The lowest BCUT2D eigenvalue weighted by Gasteiger charge is -2.08. The quantitative estimate of drug-likeness (QED) is 0.667. The molecule has 0 saturated heterocycles. The zero-order valence-electron chi connectivity index (χ0n) is 9.75. The van der Waals surface area contributed by atoms with E-state index in [0.717, 1.165) is 0 Å². The minimum Gasteiger partial charge on any atom is -0.352 e. The summed E-state index contributed by atoms with van der Waals surface area (Å²) in [7, 11) is 0. The summed E-state index contributed by atoms with van der Waals surface area (Å²) in [6.07, 6.45) is 0.715. The highest BCUT2D eigenvalue weighted by Gasteiger charge is 2.11. The highest BCUT2D eigenvalue weighted by Crippen LogP contribution is 2.21. The van der Waals surface area contributed by atoms with E-state index >= 15 is 0 Å². The Balaban J connectivity index is 2.33. The molecule has 0 aromatic heterocycles. The lowest BCUT2D eigenvalue weighted by atomic mass is 10.0. The Morgan fingerprint density at radius 3 is 2.61 bits per heavy atom. The van der Waals surface area contributed by atoms with Gasteiger partial charge in [0, 0.05) is 23.4 Å². The van der Waals surface area contributed by atoms with Crippen molar-refractivity contribution in [1.82, 2.24) is 5.32 Å². The molecule has 18 heavy (non-hydrogen) atoms. The third-order valence-corrected chi connectivity index (χ3v) is 2.98. The van der Waals surface area contributed by atoms with Crippen molar-refractivity contribution in [2.24, 2.45) is 0 Å². The van der Waals surface area contributed by atoms with Gasteiger partial charge in [-0.05, 0) is 23.9 Å². The first-order valence-electron chi connectivity index (χ1n) is 5.75. The van der Waals surface area contributed by atoms with Crippen LogP contribution in [0.1, 0.15) is 16.8 Å². The molecule has 0 heterocycles. The molecular weight excluding hydrogens is 253 g/mol. The normalized spacial score (nSPS) is 10.6. The predicted molar refractivity (Wildman–Crippen MR) is 71.6 cm³/mol. The van der Waals surface area contributed by atoms with Gasteiger partial charge in [0.2, 0.25) is 0 Å². The molecule has 0 saturated carbocycles. The lowest BCUT2D eigenvalue weighted by Crippen LogP contribution is -2.24. The molecule has 0 atom stereocenters. The number of rotatable bonds is 4. The Morgan fingerprint density at radius 2 is 1.89 bits per heavy atom. The highest BCUT2D eigenvalue weighted by molar-refractivity contribution is 6.17. The fraction of sp³-hybridized carbons (Fsp3) is 0.214. The Morgan fingerprint density at radius 1 is 1.17 bits per heavy atom. The van der Waals surface area contributed by atoms with Crippen LogP contribution in [0.15, 0.2) is 36.4 Å². The molecule has 0 bridgehead atoms. The first-order valence-corrected chi connectivity index (χ1v) is 6.29. The maximum atomic E-state index is 13.6. The van der Waals surface area contributed by atoms with Gasteiger partial charge in [0.1, 0.15) is 5.82 Å². The summed E-state index contributed by atoms with van der Waals surface area (Å²) < 4.78 is 13.6. The summed E-state index contributed by atoms with van der Waals surface area (Å²) in [5.41, 5.74) is 0.488. The molecule has 0 spiro atoms. The van der Waals surface area contributed by atoms with Crippen molar-refractivity contribution in [1.29, 1.82) is 0 Å². The van der Waals surface area contributed by atoms with E-state index in [9.17, 15) is 9.18 Å². The summed E-state index contributed by atoms with van der Waals surface area (Å²) in [6.45, 7) is 0.522. The topological polar surface area (TPSA) is 29.1 Å². The van der Waals surface area contributed by atoms with E-state index in [-0.39, 0.29) is 11.7 Å². The van der Waals surface area contributed by atoms with Gasteiger partial charge in [-0.25, -0.2) is 4.39 Å². The van der Waals surface area contributed by atoms with Crippen LogP contribution in [0.5, 0.6) is 0 Å². The maximum Gasteiger partial charge on any atom is 0.251 e. The van der Waals surface area contributed by atoms with Crippen LogP contribution in [0.4, 0.5) is 4.39 Å². The molecule has 0 fully saturated rings. The fourth-order valence-electron chi connectivity index (χ4n) is 1.82. The summed E-state index contributed by atoms with van der Waals surface area (Å²) in [5.74, 6) is -0.0102. The highest BCUT2D eigenvalue weighted by atomic mass is 35.5. The lowest BCUT2D eigenvalue weighted by molar-refractivity contribution is 0.0955. The molecule has 0 aliphatic carbocycles. The number of amides is 1. The van der Waals surface area contributed by atoms with Crippen LogP contribution in [-0.4, -0.2) is 18.3 Å². The van der Waals surface area contributed by atoms with E-state index in [4.69, 9.17) is 11.6 Å². The van der Waals surface area contributed by atoms with E-state index < -0.39 is 0 Å². The Bertz CT molecular complexity index is 571. The fourth-order valence-corrected chi connectivity index (χ4v) is 1.96. The van der Waals surface area contributed by atoms with E-state index in [1.165, 1.54) is 12.1 Å². The second-order valence-electron chi connectivity index (χ2n) is 3.94. The van der Waals surface area contributed by atoms with Gasteiger partial charge in [0.25, 0.3) is 5.91 Å². The average molecular weight is 266 g/mol. The molecule has 94 valence electrons. The molecule has 2 aromatic carbocycles. The summed E-state index contributed by atoms with van der Waals surface area (Å²) in [6, 6.07) is 9.78. The Labute approximate surface area is 110 Å². The van der Waals surface area contributed by atoms with Crippen molar-refractivity contribution >= 4 is 28.3 Å². The van der Waals surface area contributed by atoms with Gasteiger partial charge in [0.05, 0.1) is 0 Å². The van der Waals surface area contributed by atoms with Crippen molar-refractivity contribution in [3.05, 3.63) is 47.8 Å². The third-order valence-electron chi connectivity index (χ3n) is 2.71. The number of hydrogen-bond donors (Lipinski definition) is 1. The van der Waals surface area contributed by atoms with Crippen molar-refractivity contribution in [2.75, 3.05) is 12.4 Å². The Kier molecular flexibility index (Phi) is 4.15. The molecule has 1 amide bonds. The monoisotopic (exact) mass is 265 g/mol. The molecule has 0 unspecified atom stereocenters. The van der Waals surface area contributed by atoms with Gasteiger partial charge in [-0.15, -0.1) is 11.6 Å². The van der Waals surface area contributed by atoms with Crippen LogP contribution in [0.25, 0.3) is 10.8 Å². The molecule has 4 heteroatoms. The minimum absolute atomic E-state index is 0.198. The van der Waals surface area contributed by atoms with Gasteiger partial charge in [0.15, 0.2) is 0 Å². The number of fused-ring (bicyclic) bond motifs is 1. The van der Waals surface area contributed by atoms with Crippen molar-refractivity contribution in [3.8, 4) is 0 Å². The van der Waals surface area contributed by atoms with Crippen molar-refractivity contribution in [2.45, 2.75) is 6.42 Å². The number of hydrogen-bond acceptors (Lipinski definition) is 1. The van der Waals surface area contributed by atoms with Crippen molar-refractivity contribution < 1.29 is 9.18 Å². The first-order chi connectivity index (χ1) is 8.74.